The van der Waals surface area contributed by atoms with Gasteiger partial charge in [0.15, 0.2) is 5.82 Å². The molecule has 3 heterocycles. The zero-order valence-corrected chi connectivity index (χ0v) is 12.8. The van der Waals surface area contributed by atoms with Gasteiger partial charge in [0, 0.05) is 25.5 Å². The Kier molecular flexibility index (Phi) is 3.28. The van der Waals surface area contributed by atoms with E-state index >= 15 is 0 Å². The third-order valence-electron chi connectivity index (χ3n) is 5.22. The highest BCUT2D eigenvalue weighted by atomic mass is 16.4. The van der Waals surface area contributed by atoms with Crippen LogP contribution in [0.25, 0.3) is 5.82 Å². The Balaban J connectivity index is 1.65. The van der Waals surface area contributed by atoms with Crippen molar-refractivity contribution in [1.29, 1.82) is 0 Å². The number of anilines is 1. The summed E-state index contributed by atoms with van der Waals surface area (Å²) in [5.41, 5.74) is -0.623. The van der Waals surface area contributed by atoms with Crippen LogP contribution >= 0.6 is 0 Å². The van der Waals surface area contributed by atoms with Crippen molar-refractivity contribution in [1.82, 2.24) is 19.7 Å². The van der Waals surface area contributed by atoms with E-state index in [2.05, 4.69) is 20.0 Å². The van der Waals surface area contributed by atoms with Gasteiger partial charge in [-0.15, -0.1) is 0 Å². The van der Waals surface area contributed by atoms with Gasteiger partial charge in [0.25, 0.3) is 0 Å². The van der Waals surface area contributed by atoms with Gasteiger partial charge in [-0.05, 0) is 24.8 Å². The maximum absolute atomic E-state index is 11.9. The maximum atomic E-state index is 11.9. The van der Waals surface area contributed by atoms with Gasteiger partial charge in [-0.25, -0.2) is 9.67 Å². The molecule has 0 spiro atoms. The molecule has 1 saturated carbocycles. The third kappa shape index (κ3) is 2.27. The summed E-state index contributed by atoms with van der Waals surface area (Å²) in [6.07, 6.45) is 10.7. The fraction of sp³-hybridized carbons (Fsp3) is 0.500. The van der Waals surface area contributed by atoms with E-state index in [9.17, 15) is 9.90 Å². The van der Waals surface area contributed by atoms with E-state index in [1.165, 1.54) is 0 Å². The minimum atomic E-state index is -0.666. The molecular weight excluding hydrogens is 294 g/mol. The Labute approximate surface area is 134 Å². The van der Waals surface area contributed by atoms with Crippen LogP contribution in [0.4, 0.5) is 5.82 Å². The van der Waals surface area contributed by atoms with Crippen molar-refractivity contribution in [3.63, 3.8) is 0 Å². The fourth-order valence-electron chi connectivity index (χ4n) is 3.99. The van der Waals surface area contributed by atoms with Gasteiger partial charge in [0.2, 0.25) is 0 Å². The molecule has 2 aromatic rings. The van der Waals surface area contributed by atoms with Crippen LogP contribution in [-0.2, 0) is 4.79 Å². The lowest BCUT2D eigenvalue weighted by atomic mass is 9.68. The lowest BCUT2D eigenvalue weighted by Crippen LogP contribution is -2.41. The van der Waals surface area contributed by atoms with E-state index in [-0.39, 0.29) is 5.92 Å². The van der Waals surface area contributed by atoms with Crippen LogP contribution in [0, 0.1) is 11.3 Å². The highest BCUT2D eigenvalue weighted by Gasteiger charge is 2.53. The predicted molar refractivity (Wildman–Crippen MR) is 83.4 cm³/mol. The van der Waals surface area contributed by atoms with Crippen molar-refractivity contribution >= 4 is 11.8 Å². The van der Waals surface area contributed by atoms with Gasteiger partial charge in [-0.1, -0.05) is 12.8 Å². The summed E-state index contributed by atoms with van der Waals surface area (Å²) >= 11 is 0. The molecule has 2 aliphatic rings. The Morgan fingerprint density at radius 1 is 1.30 bits per heavy atom. The molecule has 2 fully saturated rings. The smallest absolute Gasteiger partial charge is 0.311 e. The second-order valence-corrected chi connectivity index (χ2v) is 6.47. The van der Waals surface area contributed by atoms with Crippen LogP contribution in [-0.4, -0.2) is 43.9 Å². The van der Waals surface area contributed by atoms with Gasteiger partial charge in [-0.2, -0.15) is 5.10 Å². The van der Waals surface area contributed by atoms with Crippen LogP contribution in [0.1, 0.15) is 25.7 Å². The van der Waals surface area contributed by atoms with E-state index < -0.39 is 11.4 Å². The van der Waals surface area contributed by atoms with Gasteiger partial charge in [-0.3, -0.25) is 9.78 Å². The molecule has 0 unspecified atom stereocenters. The Hall–Kier alpha value is -2.44. The predicted octanol–water partition coefficient (Wildman–Crippen LogP) is 1.74. The number of rotatable bonds is 3. The second kappa shape index (κ2) is 5.33. The zero-order valence-electron chi connectivity index (χ0n) is 12.8. The molecule has 1 aliphatic carbocycles. The van der Waals surface area contributed by atoms with Gasteiger partial charge < -0.3 is 10.0 Å². The number of carboxylic acids is 1. The minimum Gasteiger partial charge on any atom is -0.481 e. The zero-order chi connectivity index (χ0) is 15.9. The molecule has 2 atom stereocenters. The van der Waals surface area contributed by atoms with Crippen molar-refractivity contribution in [2.24, 2.45) is 11.3 Å². The van der Waals surface area contributed by atoms with Gasteiger partial charge >= 0.3 is 5.97 Å². The highest BCUT2D eigenvalue weighted by Crippen LogP contribution is 2.47. The molecule has 1 aliphatic heterocycles. The first-order valence-corrected chi connectivity index (χ1v) is 7.99. The van der Waals surface area contributed by atoms with Crippen molar-refractivity contribution in [2.45, 2.75) is 25.7 Å². The molecule has 4 rings (SSSR count). The summed E-state index contributed by atoms with van der Waals surface area (Å²) in [6.45, 7) is 1.26. The standard InChI is InChI=1S/C16H19N5O2/c22-15(23)16-5-2-1-4-12(16)10-20(11-16)13-8-17-9-14(19-13)21-7-3-6-18-21/h3,6-9,12H,1-2,4-5,10-11H2,(H,22,23)/t12-,16-/m1/s1. The molecule has 2 aromatic heterocycles. The number of hydrogen-bond donors (Lipinski definition) is 1. The summed E-state index contributed by atoms with van der Waals surface area (Å²) in [5, 5.41) is 14.0. The topological polar surface area (TPSA) is 84.1 Å². The molecular formula is C16H19N5O2. The van der Waals surface area contributed by atoms with E-state index in [0.29, 0.717) is 12.4 Å². The molecule has 0 bridgehead atoms. The van der Waals surface area contributed by atoms with Gasteiger partial charge in [0.1, 0.15) is 5.82 Å². The van der Waals surface area contributed by atoms with Crippen molar-refractivity contribution in [3.8, 4) is 5.82 Å². The first-order valence-electron chi connectivity index (χ1n) is 7.99. The normalized spacial score (nSPS) is 27.0. The first kappa shape index (κ1) is 14.2. The van der Waals surface area contributed by atoms with E-state index in [4.69, 9.17) is 0 Å². The molecule has 1 saturated heterocycles. The van der Waals surface area contributed by atoms with Crippen molar-refractivity contribution < 1.29 is 9.90 Å². The van der Waals surface area contributed by atoms with E-state index in [0.717, 1.165) is 38.0 Å². The first-order chi connectivity index (χ1) is 11.2. The Bertz CT molecular complexity index is 717. The van der Waals surface area contributed by atoms with E-state index in [1.807, 2.05) is 12.3 Å². The number of hydrogen-bond acceptors (Lipinski definition) is 5. The number of carboxylic acid groups (broad SMARTS) is 1. The van der Waals surface area contributed by atoms with Crippen molar-refractivity contribution in [3.05, 3.63) is 30.9 Å². The second-order valence-electron chi connectivity index (χ2n) is 6.47. The highest BCUT2D eigenvalue weighted by molar-refractivity contribution is 5.77. The Morgan fingerprint density at radius 2 is 2.17 bits per heavy atom. The van der Waals surface area contributed by atoms with Crippen LogP contribution in [0.2, 0.25) is 0 Å². The van der Waals surface area contributed by atoms with Crippen LogP contribution in [0.15, 0.2) is 30.9 Å². The summed E-state index contributed by atoms with van der Waals surface area (Å²) in [7, 11) is 0. The largest absolute Gasteiger partial charge is 0.481 e. The molecule has 0 radical (unpaired) electrons. The number of aromatic nitrogens is 4. The molecule has 120 valence electrons. The third-order valence-corrected chi connectivity index (χ3v) is 5.22. The summed E-state index contributed by atoms with van der Waals surface area (Å²) in [6, 6.07) is 1.83. The molecule has 23 heavy (non-hydrogen) atoms. The summed E-state index contributed by atoms with van der Waals surface area (Å²) in [5.74, 6) is 0.907. The lowest BCUT2D eigenvalue weighted by molar-refractivity contribution is -0.152. The molecule has 7 heteroatoms. The number of nitrogens with zero attached hydrogens (tertiary/aromatic N) is 5. The summed E-state index contributed by atoms with van der Waals surface area (Å²) in [4.78, 5) is 22.9. The quantitative estimate of drug-likeness (QED) is 0.929. The minimum absolute atomic E-state index is 0.198. The van der Waals surface area contributed by atoms with Crippen LogP contribution in [0.3, 0.4) is 0 Å². The average molecular weight is 313 g/mol. The lowest BCUT2D eigenvalue weighted by Gasteiger charge is -2.34. The number of fused-ring (bicyclic) bond motifs is 1. The maximum Gasteiger partial charge on any atom is 0.311 e. The van der Waals surface area contributed by atoms with Crippen LogP contribution < -0.4 is 4.90 Å². The van der Waals surface area contributed by atoms with Crippen molar-refractivity contribution in [2.75, 3.05) is 18.0 Å². The average Bonchev–Trinajstić information content (AvgIpc) is 3.23. The molecule has 0 aromatic carbocycles. The SMILES string of the molecule is O=C(O)[C@@]12CCCC[C@@H]1CN(c1cncc(-n3cccn3)n1)C2. The fourth-order valence-corrected chi connectivity index (χ4v) is 3.99. The number of carbonyl (C=O) groups is 1. The summed E-state index contributed by atoms with van der Waals surface area (Å²) < 4.78 is 1.66. The monoisotopic (exact) mass is 313 g/mol. The van der Waals surface area contributed by atoms with Gasteiger partial charge in [0.05, 0.1) is 17.8 Å². The molecule has 0 amide bonds. The Morgan fingerprint density at radius 3 is 2.91 bits per heavy atom. The van der Waals surface area contributed by atoms with Crippen LogP contribution in [0.5, 0.6) is 0 Å². The molecule has 7 nitrogen and oxygen atoms in total. The van der Waals surface area contributed by atoms with E-state index in [1.54, 1.807) is 23.3 Å². The molecule has 1 N–H and O–H groups in total. The number of aliphatic carboxylic acids is 1.